The molecular formula is C15H8BrIO2. The van der Waals surface area contributed by atoms with Crippen LogP contribution in [0.5, 0.6) is 0 Å². The molecule has 0 radical (unpaired) electrons. The van der Waals surface area contributed by atoms with Crippen LogP contribution in [0.3, 0.4) is 0 Å². The highest BCUT2D eigenvalue weighted by Crippen LogP contribution is 2.25. The smallest absolute Gasteiger partial charge is 0.229 e. The lowest BCUT2D eigenvalue weighted by atomic mass is 10.1. The molecule has 2 nitrogen and oxygen atoms in total. The molecule has 0 saturated heterocycles. The monoisotopic (exact) mass is 426 g/mol. The molecule has 0 aliphatic carbocycles. The van der Waals surface area contributed by atoms with Gasteiger partial charge in [-0.2, -0.15) is 0 Å². The molecule has 3 aromatic rings. The highest BCUT2D eigenvalue weighted by Gasteiger charge is 2.17. The van der Waals surface area contributed by atoms with E-state index in [4.69, 9.17) is 4.42 Å². The third kappa shape index (κ3) is 2.47. The summed E-state index contributed by atoms with van der Waals surface area (Å²) in [4.78, 5) is 12.5. The number of hydrogen-bond donors (Lipinski definition) is 0. The average Bonchev–Trinajstić information content (AvgIpc) is 2.84. The van der Waals surface area contributed by atoms with E-state index >= 15 is 0 Å². The number of carbonyl (C=O) groups excluding carboxylic acids is 1. The zero-order valence-electron chi connectivity index (χ0n) is 9.69. The quantitative estimate of drug-likeness (QED) is 0.425. The first-order chi connectivity index (χ1) is 9.15. The van der Waals surface area contributed by atoms with E-state index in [0.717, 1.165) is 19.0 Å². The molecule has 94 valence electrons. The van der Waals surface area contributed by atoms with Gasteiger partial charge in [-0.25, -0.2) is 0 Å². The normalized spacial score (nSPS) is 10.8. The second-order valence-electron chi connectivity index (χ2n) is 4.10. The van der Waals surface area contributed by atoms with E-state index in [-0.39, 0.29) is 5.78 Å². The number of fused-ring (bicyclic) bond motifs is 1. The van der Waals surface area contributed by atoms with Gasteiger partial charge in [-0.1, -0.05) is 34.1 Å². The van der Waals surface area contributed by atoms with E-state index in [1.165, 1.54) is 0 Å². The third-order valence-corrected chi connectivity index (χ3v) is 4.26. The van der Waals surface area contributed by atoms with Crippen LogP contribution in [0.15, 0.2) is 57.4 Å². The summed E-state index contributed by atoms with van der Waals surface area (Å²) >= 11 is 5.54. The average molecular weight is 427 g/mol. The van der Waals surface area contributed by atoms with Gasteiger partial charge < -0.3 is 4.42 Å². The third-order valence-electron chi connectivity index (χ3n) is 2.82. The highest BCUT2D eigenvalue weighted by molar-refractivity contribution is 14.1. The Morgan fingerprint density at radius 3 is 2.68 bits per heavy atom. The summed E-state index contributed by atoms with van der Waals surface area (Å²) in [6, 6.07) is 15.0. The molecule has 3 rings (SSSR count). The Morgan fingerprint density at radius 1 is 1.11 bits per heavy atom. The molecule has 0 bridgehead atoms. The van der Waals surface area contributed by atoms with Gasteiger partial charge in [-0.3, -0.25) is 4.79 Å². The van der Waals surface area contributed by atoms with Gasteiger partial charge in [0.1, 0.15) is 5.58 Å². The van der Waals surface area contributed by atoms with E-state index in [1.54, 1.807) is 6.07 Å². The molecule has 0 unspecified atom stereocenters. The number of carbonyl (C=O) groups is 1. The van der Waals surface area contributed by atoms with Crippen molar-refractivity contribution in [1.82, 2.24) is 0 Å². The summed E-state index contributed by atoms with van der Waals surface area (Å²) in [5, 5.41) is 0.941. The van der Waals surface area contributed by atoms with Crippen LogP contribution in [0, 0.1) is 3.57 Å². The fourth-order valence-corrected chi connectivity index (χ4v) is 2.84. The number of ketones is 1. The maximum absolute atomic E-state index is 12.5. The Kier molecular flexibility index (Phi) is 3.45. The molecule has 0 spiro atoms. The predicted molar refractivity (Wildman–Crippen MR) is 86.5 cm³/mol. The van der Waals surface area contributed by atoms with E-state index < -0.39 is 0 Å². The second kappa shape index (κ2) is 5.09. The van der Waals surface area contributed by atoms with Crippen molar-refractivity contribution >= 4 is 55.3 Å². The number of hydrogen-bond acceptors (Lipinski definition) is 2. The van der Waals surface area contributed by atoms with Crippen molar-refractivity contribution in [3.05, 3.63) is 67.9 Å². The lowest BCUT2D eigenvalue weighted by molar-refractivity contribution is 0.101. The van der Waals surface area contributed by atoms with Gasteiger partial charge in [0.25, 0.3) is 0 Å². The largest absolute Gasteiger partial charge is 0.453 e. The number of benzene rings is 2. The molecule has 0 aliphatic heterocycles. The molecule has 0 aliphatic rings. The standard InChI is InChI=1S/C15H8BrIO2/c16-10-5-6-12(17)11(8-10)15(18)14-7-9-3-1-2-4-13(9)19-14/h1-8H. The molecule has 1 heterocycles. The number of para-hydroxylation sites is 1. The Morgan fingerprint density at radius 2 is 1.89 bits per heavy atom. The molecule has 1 aromatic heterocycles. The van der Waals surface area contributed by atoms with Crippen molar-refractivity contribution in [3.63, 3.8) is 0 Å². The minimum absolute atomic E-state index is 0.0955. The van der Waals surface area contributed by atoms with Crippen LogP contribution in [-0.4, -0.2) is 5.78 Å². The molecule has 0 N–H and O–H groups in total. The predicted octanol–water partition coefficient (Wildman–Crippen LogP) is 5.03. The molecule has 0 fully saturated rings. The SMILES string of the molecule is O=C(c1cc2ccccc2o1)c1cc(Br)ccc1I. The van der Waals surface area contributed by atoms with Gasteiger partial charge in [0.2, 0.25) is 5.78 Å². The minimum Gasteiger partial charge on any atom is -0.453 e. The summed E-state index contributed by atoms with van der Waals surface area (Å²) in [6.07, 6.45) is 0. The fourth-order valence-electron chi connectivity index (χ4n) is 1.90. The molecule has 2 aromatic carbocycles. The molecule has 0 atom stereocenters. The van der Waals surface area contributed by atoms with Crippen molar-refractivity contribution < 1.29 is 9.21 Å². The molecule has 19 heavy (non-hydrogen) atoms. The van der Waals surface area contributed by atoms with Crippen molar-refractivity contribution in [3.8, 4) is 0 Å². The first kappa shape index (κ1) is 12.9. The van der Waals surface area contributed by atoms with Crippen LogP contribution in [0.4, 0.5) is 0 Å². The molecule has 4 heteroatoms. The summed E-state index contributed by atoms with van der Waals surface area (Å²) < 4.78 is 7.40. The van der Waals surface area contributed by atoms with E-state index in [1.807, 2.05) is 42.5 Å². The van der Waals surface area contributed by atoms with Crippen molar-refractivity contribution in [2.24, 2.45) is 0 Å². The van der Waals surface area contributed by atoms with Gasteiger partial charge in [-0.05, 0) is 52.9 Å². The van der Waals surface area contributed by atoms with Crippen LogP contribution < -0.4 is 0 Å². The number of rotatable bonds is 2. The summed E-state index contributed by atoms with van der Waals surface area (Å²) in [5.74, 6) is 0.277. The fraction of sp³-hybridized carbons (Fsp3) is 0. The zero-order chi connectivity index (χ0) is 13.4. The molecule has 0 amide bonds. The zero-order valence-corrected chi connectivity index (χ0v) is 13.4. The topological polar surface area (TPSA) is 30.2 Å². The maximum atomic E-state index is 12.5. The first-order valence-corrected chi connectivity index (χ1v) is 7.50. The Bertz CT molecular complexity index is 744. The van der Waals surface area contributed by atoms with Gasteiger partial charge in [0, 0.05) is 19.0 Å². The number of halogens is 2. The Balaban J connectivity index is 2.10. The van der Waals surface area contributed by atoms with Gasteiger partial charge in [0.05, 0.1) is 0 Å². The van der Waals surface area contributed by atoms with Crippen molar-refractivity contribution in [2.45, 2.75) is 0 Å². The summed E-state index contributed by atoms with van der Waals surface area (Å²) in [7, 11) is 0. The van der Waals surface area contributed by atoms with Crippen molar-refractivity contribution in [1.29, 1.82) is 0 Å². The van der Waals surface area contributed by atoms with Crippen LogP contribution in [0.25, 0.3) is 11.0 Å². The van der Waals surface area contributed by atoms with E-state index in [2.05, 4.69) is 38.5 Å². The van der Waals surface area contributed by atoms with Crippen LogP contribution >= 0.6 is 38.5 Å². The number of furan rings is 1. The second-order valence-corrected chi connectivity index (χ2v) is 6.18. The van der Waals surface area contributed by atoms with E-state index in [0.29, 0.717) is 11.3 Å². The van der Waals surface area contributed by atoms with Crippen molar-refractivity contribution in [2.75, 3.05) is 0 Å². The molecule has 0 saturated carbocycles. The summed E-state index contributed by atoms with van der Waals surface area (Å²) in [5.41, 5.74) is 1.38. The lowest BCUT2D eigenvalue weighted by Gasteiger charge is -2.01. The Hall–Kier alpha value is -1.14. The van der Waals surface area contributed by atoms with Gasteiger partial charge in [-0.15, -0.1) is 0 Å². The van der Waals surface area contributed by atoms with Crippen LogP contribution in [0.2, 0.25) is 0 Å². The van der Waals surface area contributed by atoms with Crippen LogP contribution in [0.1, 0.15) is 16.1 Å². The van der Waals surface area contributed by atoms with Gasteiger partial charge >= 0.3 is 0 Å². The molecular weight excluding hydrogens is 419 g/mol. The highest BCUT2D eigenvalue weighted by atomic mass is 127. The Labute approximate surface area is 132 Å². The van der Waals surface area contributed by atoms with Gasteiger partial charge in [0.15, 0.2) is 5.76 Å². The minimum atomic E-state index is -0.0955. The first-order valence-electron chi connectivity index (χ1n) is 5.63. The van der Waals surface area contributed by atoms with Crippen LogP contribution in [-0.2, 0) is 0 Å². The maximum Gasteiger partial charge on any atom is 0.229 e. The lowest BCUT2D eigenvalue weighted by Crippen LogP contribution is -2.02. The summed E-state index contributed by atoms with van der Waals surface area (Å²) in [6.45, 7) is 0. The van der Waals surface area contributed by atoms with E-state index in [9.17, 15) is 4.79 Å².